The first kappa shape index (κ1) is 26.4. The fourth-order valence-electron chi connectivity index (χ4n) is 3.59. The summed E-state index contributed by atoms with van der Waals surface area (Å²) in [5, 5.41) is 3.06. The van der Waals surface area contributed by atoms with Crippen molar-refractivity contribution in [3.05, 3.63) is 94.0 Å². The third-order valence-electron chi connectivity index (χ3n) is 5.55. The lowest BCUT2D eigenvalue weighted by Crippen LogP contribution is -2.37. The second-order valence-corrected chi connectivity index (χ2v) is 11.8. The third-order valence-corrected chi connectivity index (χ3v) is 6.91. The van der Waals surface area contributed by atoms with Crippen LogP contribution in [0, 0.1) is 6.92 Å². The number of anilines is 2. The van der Waals surface area contributed by atoms with Gasteiger partial charge in [0.2, 0.25) is 15.9 Å². The number of nitrogens with one attached hydrogen (secondary N) is 1. The quantitative estimate of drug-likeness (QED) is 0.419. The molecule has 35 heavy (non-hydrogen) atoms. The topological polar surface area (TPSA) is 83.6 Å². The first-order chi connectivity index (χ1) is 16.3. The second kappa shape index (κ2) is 10.2. The van der Waals surface area contributed by atoms with E-state index in [4.69, 9.17) is 11.6 Å². The van der Waals surface area contributed by atoms with E-state index in [9.17, 15) is 18.0 Å². The van der Waals surface area contributed by atoms with Crippen LogP contribution in [0.2, 0.25) is 5.02 Å². The van der Waals surface area contributed by atoms with Crippen molar-refractivity contribution in [1.29, 1.82) is 0 Å². The van der Waals surface area contributed by atoms with Crippen LogP contribution in [0.3, 0.4) is 0 Å². The predicted octanol–water partition coefficient (Wildman–Crippen LogP) is 5.58. The number of ketones is 1. The number of nitrogens with zero attached hydrogens (tertiary/aromatic N) is 1. The molecule has 0 unspecified atom stereocenters. The van der Waals surface area contributed by atoms with Crippen molar-refractivity contribution in [3.63, 3.8) is 0 Å². The van der Waals surface area contributed by atoms with Gasteiger partial charge < -0.3 is 5.32 Å². The molecule has 1 amide bonds. The number of amides is 1. The Morgan fingerprint density at radius 1 is 0.943 bits per heavy atom. The number of halogens is 1. The first-order valence-electron chi connectivity index (χ1n) is 11.0. The summed E-state index contributed by atoms with van der Waals surface area (Å²) >= 11 is 6.05. The van der Waals surface area contributed by atoms with Crippen molar-refractivity contribution >= 4 is 44.7 Å². The van der Waals surface area contributed by atoms with Gasteiger partial charge in [0, 0.05) is 21.8 Å². The summed E-state index contributed by atoms with van der Waals surface area (Å²) in [6.45, 7) is 7.62. The van der Waals surface area contributed by atoms with Crippen LogP contribution in [0.15, 0.2) is 66.7 Å². The van der Waals surface area contributed by atoms with Crippen LogP contribution in [-0.2, 0) is 20.2 Å². The first-order valence-corrected chi connectivity index (χ1v) is 13.3. The van der Waals surface area contributed by atoms with Crippen molar-refractivity contribution in [1.82, 2.24) is 0 Å². The molecular weight excluding hydrogens is 484 g/mol. The van der Waals surface area contributed by atoms with E-state index in [2.05, 4.69) is 26.1 Å². The van der Waals surface area contributed by atoms with Gasteiger partial charge in [0.15, 0.2) is 5.78 Å². The monoisotopic (exact) mass is 512 g/mol. The molecule has 0 atom stereocenters. The highest BCUT2D eigenvalue weighted by Crippen LogP contribution is 2.27. The van der Waals surface area contributed by atoms with Gasteiger partial charge in [0.05, 0.1) is 11.9 Å². The average Bonchev–Trinajstić information content (AvgIpc) is 2.77. The Balaban J connectivity index is 1.79. The average molecular weight is 513 g/mol. The van der Waals surface area contributed by atoms with Crippen LogP contribution >= 0.6 is 11.6 Å². The van der Waals surface area contributed by atoms with E-state index in [0.717, 1.165) is 16.1 Å². The molecule has 8 heteroatoms. The molecule has 0 heterocycles. The number of carbonyl (C=O) groups is 2. The maximum atomic E-state index is 13.0. The van der Waals surface area contributed by atoms with Gasteiger partial charge in [0.25, 0.3) is 0 Å². The molecule has 3 aromatic rings. The summed E-state index contributed by atoms with van der Waals surface area (Å²) < 4.78 is 25.9. The van der Waals surface area contributed by atoms with Gasteiger partial charge in [-0.25, -0.2) is 8.42 Å². The molecular formula is C27H29ClN2O4S. The van der Waals surface area contributed by atoms with E-state index in [1.165, 1.54) is 6.07 Å². The van der Waals surface area contributed by atoms with Crippen LogP contribution in [0.4, 0.5) is 11.4 Å². The highest BCUT2D eigenvalue weighted by atomic mass is 35.5. The number of rotatable bonds is 7. The molecule has 0 aliphatic carbocycles. The lowest BCUT2D eigenvalue weighted by Gasteiger charge is -2.24. The molecule has 0 aliphatic heterocycles. The van der Waals surface area contributed by atoms with E-state index >= 15 is 0 Å². The summed E-state index contributed by atoms with van der Waals surface area (Å²) in [5.74, 6) is -0.720. The van der Waals surface area contributed by atoms with Gasteiger partial charge in [-0.2, -0.15) is 0 Å². The summed E-state index contributed by atoms with van der Waals surface area (Å²) in [5.41, 5.74) is 3.45. The molecule has 184 valence electrons. The highest BCUT2D eigenvalue weighted by molar-refractivity contribution is 7.92. The molecule has 0 aliphatic rings. The Morgan fingerprint density at radius 2 is 1.60 bits per heavy atom. The van der Waals surface area contributed by atoms with Gasteiger partial charge >= 0.3 is 0 Å². The molecule has 0 fully saturated rings. The van der Waals surface area contributed by atoms with Gasteiger partial charge in [0.1, 0.15) is 6.54 Å². The predicted molar refractivity (Wildman–Crippen MR) is 142 cm³/mol. The number of hydrogen-bond donors (Lipinski definition) is 1. The number of carbonyl (C=O) groups excluding carboxylic acids is 2. The minimum atomic E-state index is -3.76. The lowest BCUT2D eigenvalue weighted by molar-refractivity contribution is -0.114. The number of benzene rings is 3. The normalized spacial score (nSPS) is 11.7. The van der Waals surface area contributed by atoms with Crippen molar-refractivity contribution in [2.75, 3.05) is 22.4 Å². The van der Waals surface area contributed by atoms with Gasteiger partial charge in [-0.3, -0.25) is 13.9 Å². The number of hydrogen-bond acceptors (Lipinski definition) is 4. The largest absolute Gasteiger partial charge is 0.324 e. The zero-order valence-electron chi connectivity index (χ0n) is 20.4. The smallest absolute Gasteiger partial charge is 0.245 e. The Morgan fingerprint density at radius 3 is 2.20 bits per heavy atom. The van der Waals surface area contributed by atoms with Gasteiger partial charge in [-0.1, -0.05) is 74.8 Å². The Hall–Kier alpha value is -3.16. The molecule has 0 aromatic heterocycles. The van der Waals surface area contributed by atoms with Crippen molar-refractivity contribution in [3.8, 4) is 0 Å². The standard InChI is InChI=1S/C27H29ClN2O4S/c1-18-9-14-22(28)16-24(18)30(35(5,33)34)17-25(31)29-23-8-6-7-20(15-23)26(32)19-10-12-21(13-11-19)27(2,3)4/h6-16H,17H2,1-5H3,(H,29,31). The lowest BCUT2D eigenvalue weighted by atomic mass is 9.86. The zero-order chi connectivity index (χ0) is 26.0. The van der Waals surface area contributed by atoms with Gasteiger partial charge in [-0.15, -0.1) is 0 Å². The van der Waals surface area contributed by atoms with Crippen molar-refractivity contribution < 1.29 is 18.0 Å². The van der Waals surface area contributed by atoms with Crippen LogP contribution < -0.4 is 9.62 Å². The highest BCUT2D eigenvalue weighted by Gasteiger charge is 2.23. The van der Waals surface area contributed by atoms with Crippen LogP contribution in [0.5, 0.6) is 0 Å². The van der Waals surface area contributed by atoms with Crippen molar-refractivity contribution in [2.45, 2.75) is 33.1 Å². The maximum absolute atomic E-state index is 13.0. The fraction of sp³-hybridized carbons (Fsp3) is 0.259. The van der Waals surface area contributed by atoms with E-state index in [1.54, 1.807) is 55.5 Å². The van der Waals surface area contributed by atoms with Gasteiger partial charge in [-0.05, 0) is 47.7 Å². The summed E-state index contributed by atoms with van der Waals surface area (Å²) in [6, 6.07) is 18.9. The van der Waals surface area contributed by atoms with Crippen LogP contribution in [-0.4, -0.2) is 32.9 Å². The molecule has 0 bridgehead atoms. The molecule has 0 radical (unpaired) electrons. The number of aryl methyl sites for hydroxylation is 1. The Kier molecular flexibility index (Phi) is 7.72. The van der Waals surface area contributed by atoms with E-state index < -0.39 is 22.5 Å². The molecule has 3 aromatic carbocycles. The number of sulfonamides is 1. The third kappa shape index (κ3) is 6.71. The molecule has 3 rings (SSSR count). The minimum absolute atomic E-state index is 0.0186. The molecule has 6 nitrogen and oxygen atoms in total. The van der Waals surface area contributed by atoms with Crippen LogP contribution in [0.1, 0.15) is 47.8 Å². The molecule has 1 N–H and O–H groups in total. The minimum Gasteiger partial charge on any atom is -0.324 e. The van der Waals surface area contributed by atoms with E-state index in [-0.39, 0.29) is 11.2 Å². The van der Waals surface area contributed by atoms with Crippen LogP contribution in [0.25, 0.3) is 0 Å². The van der Waals surface area contributed by atoms with E-state index in [1.807, 2.05) is 12.1 Å². The SMILES string of the molecule is Cc1ccc(Cl)cc1N(CC(=O)Nc1cccc(C(=O)c2ccc(C(C)(C)C)cc2)c1)S(C)(=O)=O. The Bertz CT molecular complexity index is 1360. The Labute approximate surface area is 212 Å². The summed E-state index contributed by atoms with van der Waals surface area (Å²) in [7, 11) is -3.76. The molecule has 0 spiro atoms. The fourth-order valence-corrected chi connectivity index (χ4v) is 4.66. The summed E-state index contributed by atoms with van der Waals surface area (Å²) in [6.07, 6.45) is 1.03. The second-order valence-electron chi connectivity index (χ2n) is 9.49. The maximum Gasteiger partial charge on any atom is 0.245 e. The van der Waals surface area contributed by atoms with E-state index in [0.29, 0.717) is 33.1 Å². The zero-order valence-corrected chi connectivity index (χ0v) is 22.0. The van der Waals surface area contributed by atoms with Crippen molar-refractivity contribution in [2.24, 2.45) is 0 Å². The molecule has 0 saturated heterocycles. The summed E-state index contributed by atoms with van der Waals surface area (Å²) in [4.78, 5) is 25.8. The molecule has 0 saturated carbocycles.